The van der Waals surface area contributed by atoms with E-state index < -0.39 is 52.4 Å². The molecule has 13 heteroatoms. The van der Waals surface area contributed by atoms with Gasteiger partial charge in [-0.15, -0.1) is 0 Å². The first-order valence-corrected chi connectivity index (χ1v) is 17.7. The molecule has 6 atom stereocenters. The molecule has 0 bridgehead atoms. The maximum atomic E-state index is 15.4. The lowest BCUT2D eigenvalue weighted by Gasteiger charge is -2.50. The van der Waals surface area contributed by atoms with E-state index >= 15 is 4.79 Å². The number of hydrazine groups is 1. The number of likely N-dealkylation sites (tertiary alicyclic amines) is 1. The number of allylic oxidation sites excluding steroid dienone is 2. The molecule has 1 saturated carbocycles. The van der Waals surface area contributed by atoms with Crippen molar-refractivity contribution in [1.82, 2.24) is 9.91 Å². The Morgan fingerprint density at radius 3 is 2.20 bits per heavy atom. The predicted molar refractivity (Wildman–Crippen MR) is 192 cm³/mol. The third-order valence-electron chi connectivity index (χ3n) is 10.9. The quantitative estimate of drug-likeness (QED) is 0.201. The van der Waals surface area contributed by atoms with Gasteiger partial charge in [-0.1, -0.05) is 58.6 Å². The van der Waals surface area contributed by atoms with Crippen molar-refractivity contribution in [2.24, 2.45) is 23.7 Å². The Bertz CT molecular complexity index is 2030. The first-order valence-electron chi connectivity index (χ1n) is 16.5. The van der Waals surface area contributed by atoms with Crippen LogP contribution in [0.3, 0.4) is 0 Å². The molecule has 7 rings (SSSR count). The molecule has 0 radical (unpaired) electrons. The first kappa shape index (κ1) is 35.2. The summed E-state index contributed by atoms with van der Waals surface area (Å²) in [6.45, 7) is 5.46. The monoisotopic (exact) mass is 751 g/mol. The average molecular weight is 753 g/mol. The van der Waals surface area contributed by atoms with Gasteiger partial charge in [-0.05, 0) is 93.1 Å². The van der Waals surface area contributed by atoms with Gasteiger partial charge >= 0.3 is 0 Å². The van der Waals surface area contributed by atoms with Crippen molar-refractivity contribution in [3.63, 3.8) is 0 Å². The Labute approximate surface area is 310 Å². The van der Waals surface area contributed by atoms with Gasteiger partial charge in [-0.2, -0.15) is 5.01 Å². The fourth-order valence-electron chi connectivity index (χ4n) is 8.80. The summed E-state index contributed by atoms with van der Waals surface area (Å²) in [5, 5.41) is 12.3. The van der Waals surface area contributed by atoms with Gasteiger partial charge in [0.15, 0.2) is 11.5 Å². The minimum absolute atomic E-state index is 0.0204. The predicted octanol–water partition coefficient (Wildman–Crippen LogP) is 7.15. The van der Waals surface area contributed by atoms with Crippen LogP contribution in [0.5, 0.6) is 17.2 Å². The lowest BCUT2D eigenvalue weighted by molar-refractivity contribution is -0.146. The summed E-state index contributed by atoms with van der Waals surface area (Å²) in [4.78, 5) is 59.7. The van der Waals surface area contributed by atoms with Crippen molar-refractivity contribution in [3.05, 3.63) is 92.4 Å². The third kappa shape index (κ3) is 5.20. The summed E-state index contributed by atoms with van der Waals surface area (Å²) in [5.74, 6) is -5.17. The van der Waals surface area contributed by atoms with Crippen LogP contribution >= 0.6 is 34.8 Å². The van der Waals surface area contributed by atoms with Gasteiger partial charge in [0.2, 0.25) is 11.8 Å². The third-order valence-corrected chi connectivity index (χ3v) is 11.7. The van der Waals surface area contributed by atoms with Gasteiger partial charge in [-0.25, -0.2) is 0 Å². The number of hydrogen-bond donors (Lipinski definition) is 2. The highest BCUT2D eigenvalue weighted by Gasteiger charge is 2.70. The number of imide groups is 2. The van der Waals surface area contributed by atoms with Crippen LogP contribution in [-0.4, -0.2) is 58.4 Å². The summed E-state index contributed by atoms with van der Waals surface area (Å²) < 4.78 is 11.0. The standard InChI is InChI=1S/C38H36Cl3N3O7/c1-37(2,3)43-33(46)23-12-11-22-24(30(23)35(43)48)17-25-34(47)44(42-28-13-8-20(39)16-26(28)40)36(49)38(25,19-6-9-21(50-4)10-7-19)31(22)18-14-27(41)32(45)29(15-18)51-5/h6-11,13-16,23-25,30-31,42,45H,12,17H2,1-5H3/t23-,24+,25-,30-,31-,38+/m0/s1. The van der Waals surface area contributed by atoms with Crippen LogP contribution in [0.15, 0.2) is 66.2 Å². The number of carbonyl (C=O) groups is 4. The van der Waals surface area contributed by atoms with Gasteiger partial charge in [0.05, 0.1) is 53.1 Å². The molecule has 2 aliphatic heterocycles. The molecular formula is C38H36Cl3N3O7. The highest BCUT2D eigenvalue weighted by molar-refractivity contribution is 6.36. The first-order chi connectivity index (χ1) is 24.1. The van der Waals surface area contributed by atoms with Crippen LogP contribution in [0, 0.1) is 23.7 Å². The smallest absolute Gasteiger partial charge is 0.260 e. The zero-order valence-electron chi connectivity index (χ0n) is 28.5. The van der Waals surface area contributed by atoms with E-state index in [4.69, 9.17) is 44.3 Å². The van der Waals surface area contributed by atoms with Crippen molar-refractivity contribution >= 4 is 64.1 Å². The van der Waals surface area contributed by atoms with E-state index in [0.29, 0.717) is 21.9 Å². The summed E-state index contributed by atoms with van der Waals surface area (Å²) >= 11 is 19.3. The number of fused-ring (bicyclic) bond motifs is 4. The lowest BCUT2D eigenvalue weighted by atomic mass is 9.49. The van der Waals surface area contributed by atoms with Crippen molar-refractivity contribution in [2.45, 2.75) is 50.5 Å². The molecule has 3 aromatic carbocycles. The molecule has 51 heavy (non-hydrogen) atoms. The number of hydrogen-bond acceptors (Lipinski definition) is 8. The Kier molecular flexibility index (Phi) is 8.59. The molecule has 0 unspecified atom stereocenters. The van der Waals surface area contributed by atoms with Crippen LogP contribution in [0.2, 0.25) is 15.1 Å². The van der Waals surface area contributed by atoms with E-state index in [9.17, 15) is 19.5 Å². The van der Waals surface area contributed by atoms with Gasteiger partial charge in [0.25, 0.3) is 11.8 Å². The number of phenols is 1. The molecule has 2 aliphatic carbocycles. The number of benzene rings is 3. The van der Waals surface area contributed by atoms with E-state index in [1.807, 2.05) is 26.8 Å². The minimum Gasteiger partial charge on any atom is -0.503 e. The Balaban J connectivity index is 1.49. The average Bonchev–Trinajstić information content (AvgIpc) is 3.48. The summed E-state index contributed by atoms with van der Waals surface area (Å²) in [6.07, 6.45) is 2.32. The Morgan fingerprint density at radius 1 is 0.863 bits per heavy atom. The fourth-order valence-corrected chi connectivity index (χ4v) is 9.47. The number of nitrogens with one attached hydrogen (secondary N) is 1. The molecule has 4 aliphatic rings. The molecule has 2 heterocycles. The van der Waals surface area contributed by atoms with E-state index in [0.717, 1.165) is 10.6 Å². The van der Waals surface area contributed by atoms with E-state index in [2.05, 4.69) is 5.43 Å². The Hall–Kier alpha value is -4.25. The van der Waals surface area contributed by atoms with Crippen molar-refractivity contribution in [1.29, 1.82) is 0 Å². The molecule has 266 valence electrons. The molecular weight excluding hydrogens is 717 g/mol. The van der Waals surface area contributed by atoms with Crippen LogP contribution < -0.4 is 14.9 Å². The fraction of sp³-hybridized carbons (Fsp3) is 0.368. The molecule has 3 aromatic rings. The lowest BCUT2D eigenvalue weighted by Crippen LogP contribution is -2.53. The van der Waals surface area contributed by atoms with E-state index in [1.54, 1.807) is 48.5 Å². The number of aromatic hydroxyl groups is 1. The molecule has 3 fully saturated rings. The second-order valence-electron chi connectivity index (χ2n) is 14.4. The number of phenolic OH excluding ortho intramolecular Hbond substituents is 1. The SMILES string of the molecule is COc1ccc([C@@]23C(=O)N(Nc4ccc(Cl)cc4Cl)C(=O)[C@@H]2C[C@@H]2C(=CC[C@@H]4C(=O)N(C(C)(C)C)C(=O)[C@@H]42)[C@@H]3c2cc(Cl)c(O)c(OC)c2)cc1. The van der Waals surface area contributed by atoms with Gasteiger partial charge in [-0.3, -0.25) is 29.5 Å². The normalized spacial score (nSPS) is 27.2. The number of carbonyl (C=O) groups excluding carboxylic acids is 4. The summed E-state index contributed by atoms with van der Waals surface area (Å²) in [5.41, 5.74) is 2.65. The highest BCUT2D eigenvalue weighted by Crippen LogP contribution is 2.65. The zero-order chi connectivity index (χ0) is 36.7. The van der Waals surface area contributed by atoms with Crippen molar-refractivity contribution < 1.29 is 33.8 Å². The Morgan fingerprint density at radius 2 is 1.57 bits per heavy atom. The number of methoxy groups -OCH3 is 2. The van der Waals surface area contributed by atoms with E-state index in [-0.39, 0.29) is 51.9 Å². The molecule has 2 N–H and O–H groups in total. The van der Waals surface area contributed by atoms with Gasteiger partial charge < -0.3 is 14.6 Å². The maximum Gasteiger partial charge on any atom is 0.260 e. The number of amides is 4. The number of halogens is 3. The minimum atomic E-state index is -1.59. The molecule has 4 amide bonds. The van der Waals surface area contributed by atoms with Crippen molar-refractivity contribution in [2.75, 3.05) is 19.6 Å². The largest absolute Gasteiger partial charge is 0.503 e. The van der Waals surface area contributed by atoms with Crippen molar-refractivity contribution in [3.8, 4) is 17.2 Å². The van der Waals surface area contributed by atoms with Crippen LogP contribution in [0.1, 0.15) is 50.7 Å². The van der Waals surface area contributed by atoms with E-state index in [1.165, 1.54) is 25.2 Å². The zero-order valence-corrected chi connectivity index (χ0v) is 30.8. The number of anilines is 1. The molecule has 0 aromatic heterocycles. The molecule has 0 spiro atoms. The highest BCUT2D eigenvalue weighted by atomic mass is 35.5. The second-order valence-corrected chi connectivity index (χ2v) is 15.7. The topological polar surface area (TPSA) is 125 Å². The molecule has 2 saturated heterocycles. The van der Waals surface area contributed by atoms with Gasteiger partial charge in [0, 0.05) is 16.5 Å². The molecule has 10 nitrogen and oxygen atoms in total. The number of rotatable bonds is 6. The van der Waals surface area contributed by atoms with Crippen LogP contribution in [0.4, 0.5) is 5.69 Å². The maximum absolute atomic E-state index is 15.4. The summed E-state index contributed by atoms with van der Waals surface area (Å²) in [6, 6.07) is 14.8. The van der Waals surface area contributed by atoms with Crippen LogP contribution in [0.25, 0.3) is 0 Å². The summed E-state index contributed by atoms with van der Waals surface area (Å²) in [7, 11) is 2.92. The number of nitrogens with zero attached hydrogens (tertiary/aromatic N) is 2. The van der Waals surface area contributed by atoms with Crippen LogP contribution in [-0.2, 0) is 24.6 Å². The second kappa shape index (κ2) is 12.5. The number of ether oxygens (including phenoxy) is 2. The van der Waals surface area contributed by atoms with Gasteiger partial charge in [0.1, 0.15) is 5.75 Å².